The van der Waals surface area contributed by atoms with Crippen LogP contribution >= 0.6 is 0 Å². The fourth-order valence-electron chi connectivity index (χ4n) is 2.89. The van der Waals surface area contributed by atoms with Gasteiger partial charge in [0.15, 0.2) is 0 Å². The lowest BCUT2D eigenvalue weighted by molar-refractivity contribution is 0.204. The van der Waals surface area contributed by atoms with Crippen LogP contribution in [0.5, 0.6) is 5.75 Å². The Bertz CT molecular complexity index is 375. The van der Waals surface area contributed by atoms with Crippen LogP contribution in [-0.2, 0) is 6.42 Å². The van der Waals surface area contributed by atoms with E-state index in [1.807, 2.05) is 12.1 Å². The van der Waals surface area contributed by atoms with Gasteiger partial charge in [0.25, 0.3) is 0 Å². The molecule has 1 N–H and O–H groups in total. The van der Waals surface area contributed by atoms with Crippen LogP contribution in [0, 0.1) is 0 Å². The van der Waals surface area contributed by atoms with Gasteiger partial charge in [0.2, 0.25) is 0 Å². The fraction of sp³-hybridized carbons (Fsp3) is 0.600. The number of hydrogen-bond acceptors (Lipinski definition) is 2. The molecule has 0 aliphatic heterocycles. The molecule has 1 aromatic rings. The number of nitrogens with zero attached hydrogens (tertiary/aromatic N) is 1. The average molecular weight is 233 g/mol. The van der Waals surface area contributed by atoms with Gasteiger partial charge in [0.1, 0.15) is 5.75 Å². The first-order chi connectivity index (χ1) is 8.27. The SMILES string of the molecule is CCCCN(CC)C1CCc2c(O)cccc21. The highest BCUT2D eigenvalue weighted by atomic mass is 16.3. The molecule has 1 unspecified atom stereocenters. The summed E-state index contributed by atoms with van der Waals surface area (Å²) < 4.78 is 0. The van der Waals surface area contributed by atoms with Crippen molar-refractivity contribution in [1.82, 2.24) is 4.90 Å². The van der Waals surface area contributed by atoms with Crippen LogP contribution in [-0.4, -0.2) is 23.1 Å². The number of phenolic OH excluding ortho intramolecular Hbond substituents is 1. The molecule has 1 aromatic carbocycles. The molecule has 94 valence electrons. The molecule has 17 heavy (non-hydrogen) atoms. The second kappa shape index (κ2) is 5.54. The maximum absolute atomic E-state index is 9.86. The highest BCUT2D eigenvalue weighted by Gasteiger charge is 2.28. The summed E-state index contributed by atoms with van der Waals surface area (Å²) in [5, 5.41) is 9.86. The molecule has 0 spiro atoms. The monoisotopic (exact) mass is 233 g/mol. The quantitative estimate of drug-likeness (QED) is 0.841. The second-order valence-corrected chi connectivity index (χ2v) is 4.88. The van der Waals surface area contributed by atoms with Crippen molar-refractivity contribution in [2.24, 2.45) is 0 Å². The Morgan fingerprint density at radius 1 is 1.35 bits per heavy atom. The molecule has 0 radical (unpaired) electrons. The zero-order valence-electron chi connectivity index (χ0n) is 10.9. The molecule has 2 rings (SSSR count). The Morgan fingerprint density at radius 3 is 2.88 bits per heavy atom. The van der Waals surface area contributed by atoms with E-state index in [0.29, 0.717) is 11.8 Å². The third-order valence-corrected chi connectivity index (χ3v) is 3.86. The van der Waals surface area contributed by atoms with Crippen molar-refractivity contribution in [1.29, 1.82) is 0 Å². The van der Waals surface area contributed by atoms with Crippen molar-refractivity contribution in [3.63, 3.8) is 0 Å². The first kappa shape index (κ1) is 12.4. The summed E-state index contributed by atoms with van der Waals surface area (Å²) in [7, 11) is 0. The van der Waals surface area contributed by atoms with E-state index in [1.165, 1.54) is 30.5 Å². The minimum absolute atomic E-state index is 0.483. The van der Waals surface area contributed by atoms with Gasteiger partial charge in [0.05, 0.1) is 0 Å². The molecule has 1 aliphatic rings. The zero-order chi connectivity index (χ0) is 12.3. The lowest BCUT2D eigenvalue weighted by Gasteiger charge is -2.28. The number of benzene rings is 1. The van der Waals surface area contributed by atoms with Crippen LogP contribution < -0.4 is 0 Å². The number of phenols is 1. The van der Waals surface area contributed by atoms with Crippen LogP contribution in [0.25, 0.3) is 0 Å². The Hall–Kier alpha value is -1.02. The molecule has 1 atom stereocenters. The summed E-state index contributed by atoms with van der Waals surface area (Å²) in [5.74, 6) is 0.483. The summed E-state index contributed by atoms with van der Waals surface area (Å²) in [6.45, 7) is 6.74. The van der Waals surface area contributed by atoms with E-state index in [-0.39, 0.29) is 0 Å². The predicted octanol–water partition coefficient (Wildman–Crippen LogP) is 3.50. The molecule has 0 heterocycles. The average Bonchev–Trinajstić information content (AvgIpc) is 2.76. The fourth-order valence-corrected chi connectivity index (χ4v) is 2.89. The lowest BCUT2D eigenvalue weighted by atomic mass is 10.1. The summed E-state index contributed by atoms with van der Waals surface area (Å²) in [6.07, 6.45) is 4.69. The van der Waals surface area contributed by atoms with Crippen LogP contribution in [0.15, 0.2) is 18.2 Å². The number of hydrogen-bond donors (Lipinski definition) is 1. The van der Waals surface area contributed by atoms with E-state index >= 15 is 0 Å². The number of unbranched alkanes of at least 4 members (excludes halogenated alkanes) is 1. The summed E-state index contributed by atoms with van der Waals surface area (Å²) in [6, 6.07) is 6.49. The van der Waals surface area contributed by atoms with Gasteiger partial charge in [-0.05, 0) is 49.5 Å². The van der Waals surface area contributed by atoms with Gasteiger partial charge in [0, 0.05) is 6.04 Å². The van der Waals surface area contributed by atoms with Crippen molar-refractivity contribution in [3.05, 3.63) is 29.3 Å². The molecule has 2 nitrogen and oxygen atoms in total. The van der Waals surface area contributed by atoms with Gasteiger partial charge < -0.3 is 5.11 Å². The third-order valence-electron chi connectivity index (χ3n) is 3.86. The van der Waals surface area contributed by atoms with Crippen LogP contribution in [0.1, 0.15) is 50.3 Å². The number of rotatable bonds is 5. The van der Waals surface area contributed by atoms with Crippen molar-refractivity contribution in [2.45, 2.75) is 45.6 Å². The summed E-state index contributed by atoms with van der Waals surface area (Å²) in [5.41, 5.74) is 2.52. The van der Waals surface area contributed by atoms with E-state index in [0.717, 1.165) is 19.4 Å². The minimum atomic E-state index is 0.483. The standard InChI is InChI=1S/C15H23NO/c1-3-5-11-16(4-2)14-10-9-13-12(14)7-6-8-15(13)17/h6-8,14,17H,3-5,9-11H2,1-2H3. The maximum atomic E-state index is 9.86. The van der Waals surface area contributed by atoms with Gasteiger partial charge in [-0.15, -0.1) is 0 Å². The molecule has 0 amide bonds. The van der Waals surface area contributed by atoms with E-state index < -0.39 is 0 Å². The van der Waals surface area contributed by atoms with Crippen molar-refractivity contribution < 1.29 is 5.11 Å². The molecule has 0 bridgehead atoms. The topological polar surface area (TPSA) is 23.5 Å². The normalized spacial score (nSPS) is 18.6. The van der Waals surface area contributed by atoms with Crippen molar-refractivity contribution in [2.75, 3.05) is 13.1 Å². The van der Waals surface area contributed by atoms with E-state index in [9.17, 15) is 5.11 Å². The molecule has 0 fully saturated rings. The molecule has 0 aromatic heterocycles. The third kappa shape index (κ3) is 2.47. The van der Waals surface area contributed by atoms with Crippen molar-refractivity contribution >= 4 is 0 Å². The molecule has 1 aliphatic carbocycles. The second-order valence-electron chi connectivity index (χ2n) is 4.88. The predicted molar refractivity (Wildman–Crippen MR) is 71.3 cm³/mol. The first-order valence-electron chi connectivity index (χ1n) is 6.82. The Morgan fingerprint density at radius 2 is 2.18 bits per heavy atom. The van der Waals surface area contributed by atoms with Gasteiger partial charge in [-0.1, -0.05) is 32.4 Å². The number of aromatic hydroxyl groups is 1. The zero-order valence-corrected chi connectivity index (χ0v) is 10.9. The highest BCUT2D eigenvalue weighted by molar-refractivity contribution is 5.44. The summed E-state index contributed by atoms with van der Waals surface area (Å²) >= 11 is 0. The van der Waals surface area contributed by atoms with Crippen LogP contribution in [0.4, 0.5) is 0 Å². The Balaban J connectivity index is 2.17. The largest absolute Gasteiger partial charge is 0.508 e. The minimum Gasteiger partial charge on any atom is -0.508 e. The van der Waals surface area contributed by atoms with E-state index in [2.05, 4.69) is 24.8 Å². The van der Waals surface area contributed by atoms with E-state index in [1.54, 1.807) is 0 Å². The van der Waals surface area contributed by atoms with Gasteiger partial charge in [-0.3, -0.25) is 4.90 Å². The van der Waals surface area contributed by atoms with Gasteiger partial charge in [-0.25, -0.2) is 0 Å². The molecular formula is C15H23NO. The van der Waals surface area contributed by atoms with Crippen molar-refractivity contribution in [3.8, 4) is 5.75 Å². The maximum Gasteiger partial charge on any atom is 0.119 e. The van der Waals surface area contributed by atoms with Gasteiger partial charge >= 0.3 is 0 Å². The van der Waals surface area contributed by atoms with Crippen LogP contribution in [0.2, 0.25) is 0 Å². The molecular weight excluding hydrogens is 210 g/mol. The Labute approximate surface area is 104 Å². The molecule has 0 saturated carbocycles. The van der Waals surface area contributed by atoms with Crippen LogP contribution in [0.3, 0.4) is 0 Å². The molecule has 0 saturated heterocycles. The smallest absolute Gasteiger partial charge is 0.119 e. The Kier molecular flexibility index (Phi) is 4.06. The molecule has 2 heteroatoms. The lowest BCUT2D eigenvalue weighted by Crippen LogP contribution is -2.28. The van der Waals surface area contributed by atoms with Gasteiger partial charge in [-0.2, -0.15) is 0 Å². The summed E-state index contributed by atoms with van der Waals surface area (Å²) in [4.78, 5) is 2.55. The first-order valence-corrected chi connectivity index (χ1v) is 6.82. The number of fused-ring (bicyclic) bond motifs is 1. The highest BCUT2D eigenvalue weighted by Crippen LogP contribution is 2.39. The van der Waals surface area contributed by atoms with E-state index in [4.69, 9.17) is 0 Å².